The van der Waals surface area contributed by atoms with Gasteiger partial charge in [-0.2, -0.15) is 0 Å². The molecule has 2 bridgehead atoms. The summed E-state index contributed by atoms with van der Waals surface area (Å²) in [4.78, 5) is 4.68. The van der Waals surface area contributed by atoms with Gasteiger partial charge in [0.05, 0.1) is 18.3 Å². The smallest absolute Gasteiger partial charge is 0.203 e. The molecule has 2 aliphatic carbocycles. The van der Waals surface area contributed by atoms with Gasteiger partial charge in [-0.1, -0.05) is 6.42 Å². The Labute approximate surface area is 128 Å². The number of aryl methyl sites for hydroxylation is 1. The number of imidazole rings is 1. The van der Waals surface area contributed by atoms with Gasteiger partial charge >= 0.3 is 0 Å². The molecule has 1 heterocycles. The van der Waals surface area contributed by atoms with Crippen molar-refractivity contribution in [3.8, 4) is 0 Å². The van der Waals surface area contributed by atoms with E-state index in [9.17, 15) is 0 Å². The topological polar surface area (TPSA) is 39.1 Å². The first-order valence-electron chi connectivity index (χ1n) is 8.39. The van der Waals surface area contributed by atoms with E-state index < -0.39 is 0 Å². The van der Waals surface area contributed by atoms with Gasteiger partial charge < -0.3 is 14.6 Å². The van der Waals surface area contributed by atoms with E-state index in [1.807, 2.05) is 0 Å². The van der Waals surface area contributed by atoms with Crippen molar-refractivity contribution in [3.05, 3.63) is 11.9 Å². The van der Waals surface area contributed by atoms with E-state index in [4.69, 9.17) is 4.74 Å². The van der Waals surface area contributed by atoms with Crippen LogP contribution in [0.5, 0.6) is 0 Å². The third kappa shape index (κ3) is 2.96. The number of nitrogens with one attached hydrogen (secondary N) is 1. The van der Waals surface area contributed by atoms with E-state index in [2.05, 4.69) is 41.8 Å². The first-order chi connectivity index (χ1) is 10.1. The lowest BCUT2D eigenvalue weighted by atomic mass is 9.84. The quantitative estimate of drug-likeness (QED) is 0.870. The number of anilines is 1. The lowest BCUT2D eigenvalue weighted by Crippen LogP contribution is -2.31. The number of hydrogen-bond donors (Lipinski definition) is 1. The maximum absolute atomic E-state index is 5.29. The predicted molar refractivity (Wildman–Crippen MR) is 85.6 cm³/mol. The summed E-state index contributed by atoms with van der Waals surface area (Å²) in [5.74, 6) is 3.77. The van der Waals surface area contributed by atoms with Gasteiger partial charge in [-0.3, -0.25) is 0 Å². The highest BCUT2D eigenvalue weighted by molar-refractivity contribution is 5.31. The maximum atomic E-state index is 5.29. The van der Waals surface area contributed by atoms with Gasteiger partial charge in [-0.05, 0) is 57.8 Å². The van der Waals surface area contributed by atoms with E-state index in [0.29, 0.717) is 18.7 Å². The Bertz CT molecular complexity index is 484. The molecule has 2 saturated carbocycles. The summed E-state index contributed by atoms with van der Waals surface area (Å²) in [6, 6.07) is 0.821. The van der Waals surface area contributed by atoms with E-state index in [1.54, 1.807) is 7.11 Å². The van der Waals surface area contributed by atoms with Crippen molar-refractivity contribution in [2.75, 3.05) is 19.0 Å². The van der Waals surface area contributed by atoms with Crippen LogP contribution >= 0.6 is 0 Å². The fourth-order valence-electron chi connectivity index (χ4n) is 4.50. The van der Waals surface area contributed by atoms with Crippen molar-refractivity contribution in [2.24, 2.45) is 17.8 Å². The molecule has 1 aromatic rings. The van der Waals surface area contributed by atoms with Crippen molar-refractivity contribution in [3.63, 3.8) is 0 Å². The van der Waals surface area contributed by atoms with Crippen molar-refractivity contribution in [2.45, 2.75) is 58.5 Å². The van der Waals surface area contributed by atoms with Gasteiger partial charge in [0.25, 0.3) is 0 Å². The Morgan fingerprint density at radius 1 is 1.38 bits per heavy atom. The van der Waals surface area contributed by atoms with Crippen LogP contribution in [0.2, 0.25) is 0 Å². The Kier molecular flexibility index (Phi) is 4.25. The zero-order valence-electron chi connectivity index (χ0n) is 13.8. The summed E-state index contributed by atoms with van der Waals surface area (Å²) in [6.45, 7) is 7.29. The second-order valence-corrected chi connectivity index (χ2v) is 7.19. The lowest BCUT2D eigenvalue weighted by molar-refractivity contribution is 0.162. The average Bonchev–Trinajstić information content (AvgIpc) is 3.14. The minimum atomic E-state index is 0.311. The first-order valence-corrected chi connectivity index (χ1v) is 8.39. The summed E-state index contributed by atoms with van der Waals surface area (Å²) < 4.78 is 7.52. The third-order valence-corrected chi connectivity index (χ3v) is 5.53. The third-order valence-electron chi connectivity index (χ3n) is 5.53. The molecule has 4 heteroatoms. The Balaban J connectivity index is 1.69. The molecule has 0 radical (unpaired) electrons. The SMILES string of the molecule is COCC(C)n1cc(C)nc1NC(C)C1CC2CCC1C2. The van der Waals surface area contributed by atoms with Crippen LogP contribution in [-0.2, 0) is 4.74 Å². The molecule has 2 aliphatic rings. The molecule has 1 N–H and O–H groups in total. The van der Waals surface area contributed by atoms with E-state index in [-0.39, 0.29) is 0 Å². The number of hydrogen-bond acceptors (Lipinski definition) is 3. The Morgan fingerprint density at radius 3 is 2.81 bits per heavy atom. The standard InChI is InChI=1S/C17H29N3O/c1-11-9-20(12(2)10-21-4)17(18-11)19-13(3)16-8-14-5-6-15(16)7-14/h9,12-16H,5-8,10H2,1-4H3,(H,18,19). The summed E-state index contributed by atoms with van der Waals surface area (Å²) >= 11 is 0. The van der Waals surface area contributed by atoms with E-state index >= 15 is 0 Å². The highest BCUT2D eigenvalue weighted by Crippen LogP contribution is 2.49. The normalized spacial score (nSPS) is 30.6. The zero-order chi connectivity index (χ0) is 15.0. The summed E-state index contributed by atoms with van der Waals surface area (Å²) in [5, 5.41) is 3.69. The number of rotatable bonds is 6. The summed E-state index contributed by atoms with van der Waals surface area (Å²) in [6.07, 6.45) is 7.90. The van der Waals surface area contributed by atoms with Gasteiger partial charge in [0.15, 0.2) is 0 Å². The predicted octanol–water partition coefficient (Wildman–Crippen LogP) is 3.64. The van der Waals surface area contributed by atoms with Crippen molar-refractivity contribution in [1.29, 1.82) is 0 Å². The molecule has 0 amide bonds. The fourth-order valence-corrected chi connectivity index (χ4v) is 4.50. The molecule has 21 heavy (non-hydrogen) atoms. The van der Waals surface area contributed by atoms with Gasteiger partial charge in [-0.25, -0.2) is 4.98 Å². The van der Waals surface area contributed by atoms with Crippen LogP contribution < -0.4 is 5.32 Å². The van der Waals surface area contributed by atoms with Crippen LogP contribution in [0, 0.1) is 24.7 Å². The molecular weight excluding hydrogens is 262 g/mol. The molecule has 3 rings (SSSR count). The minimum Gasteiger partial charge on any atom is -0.383 e. The Hall–Kier alpha value is -1.03. The van der Waals surface area contributed by atoms with Crippen LogP contribution in [0.25, 0.3) is 0 Å². The second kappa shape index (κ2) is 5.99. The molecule has 4 nitrogen and oxygen atoms in total. The van der Waals surface area contributed by atoms with Crippen LogP contribution in [0.15, 0.2) is 6.20 Å². The number of fused-ring (bicyclic) bond motifs is 2. The minimum absolute atomic E-state index is 0.311. The number of methoxy groups -OCH3 is 1. The highest BCUT2D eigenvalue weighted by Gasteiger charge is 2.42. The van der Waals surface area contributed by atoms with Crippen molar-refractivity contribution in [1.82, 2.24) is 9.55 Å². The fraction of sp³-hybridized carbons (Fsp3) is 0.824. The van der Waals surface area contributed by atoms with Gasteiger partial charge in [-0.15, -0.1) is 0 Å². The van der Waals surface area contributed by atoms with E-state index in [1.165, 1.54) is 25.7 Å². The highest BCUT2D eigenvalue weighted by atomic mass is 16.5. The molecule has 2 fully saturated rings. The molecule has 1 aromatic heterocycles. The Morgan fingerprint density at radius 2 is 2.19 bits per heavy atom. The zero-order valence-corrected chi connectivity index (χ0v) is 13.8. The first kappa shape index (κ1) is 14.9. The van der Waals surface area contributed by atoms with E-state index in [0.717, 1.165) is 29.4 Å². The van der Waals surface area contributed by atoms with Crippen molar-refractivity contribution >= 4 is 5.95 Å². The molecule has 5 atom stereocenters. The monoisotopic (exact) mass is 291 g/mol. The molecule has 118 valence electrons. The number of nitrogens with zero attached hydrogens (tertiary/aromatic N) is 2. The lowest BCUT2D eigenvalue weighted by Gasteiger charge is -2.29. The molecule has 5 unspecified atom stereocenters. The largest absolute Gasteiger partial charge is 0.383 e. The van der Waals surface area contributed by atoms with Crippen LogP contribution in [0.1, 0.15) is 51.3 Å². The van der Waals surface area contributed by atoms with Crippen molar-refractivity contribution < 1.29 is 4.74 Å². The number of ether oxygens (including phenoxy) is 1. The molecule has 0 aromatic carbocycles. The van der Waals surface area contributed by atoms with Gasteiger partial charge in [0.1, 0.15) is 0 Å². The average molecular weight is 291 g/mol. The second-order valence-electron chi connectivity index (χ2n) is 7.19. The van der Waals surface area contributed by atoms with Gasteiger partial charge in [0, 0.05) is 19.3 Å². The summed E-state index contributed by atoms with van der Waals surface area (Å²) in [5.41, 5.74) is 1.07. The molecular formula is C17H29N3O. The maximum Gasteiger partial charge on any atom is 0.203 e. The number of aromatic nitrogens is 2. The molecule has 0 aliphatic heterocycles. The van der Waals surface area contributed by atoms with Crippen LogP contribution in [0.4, 0.5) is 5.95 Å². The summed E-state index contributed by atoms with van der Waals surface area (Å²) in [7, 11) is 1.76. The molecule has 0 spiro atoms. The van der Waals surface area contributed by atoms with Gasteiger partial charge in [0.2, 0.25) is 5.95 Å². The van der Waals surface area contributed by atoms with Crippen LogP contribution in [0.3, 0.4) is 0 Å². The van der Waals surface area contributed by atoms with Crippen LogP contribution in [-0.4, -0.2) is 29.3 Å². The molecule has 0 saturated heterocycles.